The van der Waals surface area contributed by atoms with Crippen LogP contribution >= 0.6 is 0 Å². The van der Waals surface area contributed by atoms with Crippen molar-refractivity contribution in [1.82, 2.24) is 31.9 Å². The third-order valence-electron chi connectivity index (χ3n) is 13.4. The molecule has 1 saturated carbocycles. The monoisotopic (exact) mass is 1030 g/mol. The number of halogens is 8. The van der Waals surface area contributed by atoms with Crippen molar-refractivity contribution >= 4 is 0 Å². The first-order chi connectivity index (χ1) is 32.1. The number of hydrogen-bond donors (Lipinski definition) is 19. The first-order valence-electron chi connectivity index (χ1n) is 23.4. The Morgan fingerprint density at radius 3 is 1.35 bits per heavy atom. The molecule has 0 bridgehead atoms. The van der Waals surface area contributed by atoms with E-state index in [9.17, 15) is 70.9 Å². The lowest BCUT2D eigenvalue weighted by atomic mass is 9.85. The van der Waals surface area contributed by atoms with Crippen molar-refractivity contribution in [2.45, 2.75) is 131 Å². The summed E-state index contributed by atoms with van der Waals surface area (Å²) in [7, 11) is 0. The zero-order valence-corrected chi connectivity index (χ0v) is 39.0. The maximum Gasteiger partial charge on any atom is 0.395 e. The average Bonchev–Trinajstić information content (AvgIpc) is 4.11. The standard InChI is InChI=1S/C8H15NO2.2C7H13F2NO2.C7H14FNO2.C7H15NO3.C6H10F3NO2/c10-7-4-9-3-6(8(7)11)5-1-2-5;1-7(8,9)4-2-10-3-5(11)6(4)12;8-6(9)1-4-2-10-3-5(11)7(4)12;8-2-1-5-3-9-4-6(10)7(5)11;1-7(11)4-8-2-5(3-9)6(7)10;7-6(8,9)3-1-10-2-4(11)5(3)12/h5-11H,1-4H2;4-6,10-12H,2-3H2,1H3;4-7,10-12H,1-3H2;5-7,9-11H,1-4H2;5-6,8-11H,2-4H2,1H3;3-5,10-12H,1-2H2/t6-,7-,8-;4-,5+,6+;4-,5+,7+;5-,6+,7+;5-,6-,7?;3-,4+,5+/m100010/s1. The van der Waals surface area contributed by atoms with E-state index >= 15 is 0 Å². The molecule has 19 nitrogen and oxygen atoms in total. The molecule has 0 spiro atoms. The number of β-amino-alcohol motifs (C(OH)–C–C–N with tert-alkyl or cyclic N) is 6. The van der Waals surface area contributed by atoms with Gasteiger partial charge < -0.3 is 98.3 Å². The van der Waals surface area contributed by atoms with E-state index in [0.717, 1.165) is 13.5 Å². The normalized spacial score (nSPS) is 40.6. The summed E-state index contributed by atoms with van der Waals surface area (Å²) in [4.78, 5) is 0. The second kappa shape index (κ2) is 30.1. The Morgan fingerprint density at radius 2 is 0.942 bits per heavy atom. The van der Waals surface area contributed by atoms with Gasteiger partial charge in [0.05, 0.1) is 85.7 Å². The number of aliphatic hydroxyl groups excluding tert-OH is 12. The molecule has 69 heavy (non-hydrogen) atoms. The van der Waals surface area contributed by atoms with Gasteiger partial charge in [0.1, 0.15) is 5.60 Å². The lowest BCUT2D eigenvalue weighted by molar-refractivity contribution is -0.217. The van der Waals surface area contributed by atoms with Gasteiger partial charge in [-0.05, 0) is 39.0 Å². The summed E-state index contributed by atoms with van der Waals surface area (Å²) in [5.74, 6) is -5.95. The van der Waals surface area contributed by atoms with Crippen molar-refractivity contribution in [1.29, 1.82) is 0 Å². The molecular formula is C42H80F8N6O13. The second-order valence-corrected chi connectivity index (χ2v) is 19.3. The van der Waals surface area contributed by atoms with E-state index in [1.165, 1.54) is 12.8 Å². The highest BCUT2D eigenvalue weighted by atomic mass is 19.4. The minimum absolute atomic E-state index is 0.00769. The maximum atomic E-state index is 12.7. The molecule has 1 aliphatic carbocycles. The van der Waals surface area contributed by atoms with E-state index in [0.29, 0.717) is 57.5 Å². The minimum atomic E-state index is -4.45. The maximum absolute atomic E-state index is 12.7. The van der Waals surface area contributed by atoms with Gasteiger partial charge in [0.15, 0.2) is 0 Å². The smallest absolute Gasteiger partial charge is 0.395 e. The highest BCUT2D eigenvalue weighted by molar-refractivity contribution is 4.95. The SMILES string of the molecule is CC(F)(F)[C@H]1CNC[C@@H](O)[C@@H]1O.CC1(O)CNC[C@H](CO)[C@H]1O.O[C@@H]1[C@@H](CC(F)F)CNC[C@H]1O.O[C@@H]1[C@@H](CCF)CNC[C@H]1O.O[C@H]1[C@H](O)CNC[C@@H]1C(F)(F)F.O[C@H]1[C@H](O)CNC[C@@H]1C1CC1. The number of piperidine rings is 6. The van der Waals surface area contributed by atoms with Gasteiger partial charge in [0, 0.05) is 115 Å². The van der Waals surface area contributed by atoms with Gasteiger partial charge in [0.2, 0.25) is 6.43 Å². The Kier molecular flexibility index (Phi) is 27.9. The molecule has 27 heteroatoms. The highest BCUT2D eigenvalue weighted by Gasteiger charge is 2.48. The Balaban J connectivity index is 0.000000284. The first-order valence-corrected chi connectivity index (χ1v) is 23.4. The fourth-order valence-electron chi connectivity index (χ4n) is 8.68. The van der Waals surface area contributed by atoms with E-state index in [2.05, 4.69) is 31.9 Å². The lowest BCUT2D eigenvalue weighted by Crippen LogP contribution is -2.59. The third-order valence-corrected chi connectivity index (χ3v) is 13.4. The molecule has 6 heterocycles. The summed E-state index contributed by atoms with van der Waals surface area (Å²) in [6.45, 7) is 5.68. The molecule has 0 aromatic rings. The number of alkyl halides is 8. The summed E-state index contributed by atoms with van der Waals surface area (Å²) < 4.78 is 97.3. The van der Waals surface area contributed by atoms with E-state index in [-0.39, 0.29) is 57.6 Å². The van der Waals surface area contributed by atoms with Crippen LogP contribution in [0.15, 0.2) is 0 Å². The van der Waals surface area contributed by atoms with Gasteiger partial charge in [-0.15, -0.1) is 0 Å². The van der Waals surface area contributed by atoms with E-state index in [1.54, 1.807) is 6.92 Å². The van der Waals surface area contributed by atoms with E-state index < -0.39 is 116 Å². The van der Waals surface area contributed by atoms with Crippen molar-refractivity contribution < 1.29 is 102 Å². The number of aliphatic hydroxyl groups is 13. The van der Waals surface area contributed by atoms with Crippen LogP contribution in [0.4, 0.5) is 35.1 Å². The van der Waals surface area contributed by atoms with Gasteiger partial charge in [-0.2, -0.15) is 13.2 Å². The molecule has 0 aromatic heterocycles. The third kappa shape index (κ3) is 21.6. The topological polar surface area (TPSA) is 335 Å². The van der Waals surface area contributed by atoms with Crippen LogP contribution in [0.2, 0.25) is 0 Å². The van der Waals surface area contributed by atoms with Crippen LogP contribution in [0.3, 0.4) is 0 Å². The number of rotatable bonds is 7. The molecule has 7 aliphatic rings. The molecule has 19 N–H and O–H groups in total. The molecule has 1 unspecified atom stereocenters. The summed E-state index contributed by atoms with van der Waals surface area (Å²) in [6, 6.07) is 0. The molecule has 0 amide bonds. The Bertz CT molecular complexity index is 1350. The van der Waals surface area contributed by atoms with Crippen LogP contribution in [0.25, 0.3) is 0 Å². The van der Waals surface area contributed by atoms with Crippen LogP contribution in [0.1, 0.15) is 39.5 Å². The van der Waals surface area contributed by atoms with Crippen molar-refractivity contribution in [3.8, 4) is 0 Å². The van der Waals surface area contributed by atoms with Crippen LogP contribution in [-0.2, 0) is 0 Å². The van der Waals surface area contributed by atoms with Crippen molar-refractivity contribution in [3.05, 3.63) is 0 Å². The lowest BCUT2D eigenvalue weighted by Gasteiger charge is -2.39. The molecule has 7 fully saturated rings. The van der Waals surface area contributed by atoms with Crippen LogP contribution < -0.4 is 31.9 Å². The summed E-state index contributed by atoms with van der Waals surface area (Å²) in [6.07, 6.45) is -15.2. The molecular weight excluding hydrogens is 948 g/mol. The van der Waals surface area contributed by atoms with Gasteiger partial charge >= 0.3 is 6.18 Å². The predicted molar refractivity (Wildman–Crippen MR) is 233 cm³/mol. The van der Waals surface area contributed by atoms with Gasteiger partial charge in [0.25, 0.3) is 5.92 Å². The van der Waals surface area contributed by atoms with Crippen molar-refractivity contribution in [3.63, 3.8) is 0 Å². The Hall–Kier alpha value is -1.32. The largest absolute Gasteiger partial charge is 0.396 e. The Labute approximate surface area is 397 Å². The first kappa shape index (κ1) is 63.8. The molecule has 0 aromatic carbocycles. The van der Waals surface area contributed by atoms with Gasteiger partial charge in [-0.25, -0.2) is 17.6 Å². The zero-order valence-electron chi connectivity index (χ0n) is 39.0. The number of nitrogens with one attached hydrogen (secondary N) is 6. The van der Waals surface area contributed by atoms with Gasteiger partial charge in [-0.3, -0.25) is 4.39 Å². The van der Waals surface area contributed by atoms with E-state index in [1.807, 2.05) is 0 Å². The summed E-state index contributed by atoms with van der Waals surface area (Å²) in [5, 5.41) is 136. The van der Waals surface area contributed by atoms with Crippen LogP contribution in [0.5, 0.6) is 0 Å². The van der Waals surface area contributed by atoms with Gasteiger partial charge in [-0.1, -0.05) is 0 Å². The molecule has 0 radical (unpaired) electrons. The summed E-state index contributed by atoms with van der Waals surface area (Å²) in [5.41, 5.74) is -1.11. The Morgan fingerprint density at radius 1 is 0.536 bits per heavy atom. The molecule has 412 valence electrons. The fourth-order valence-corrected chi connectivity index (χ4v) is 8.68. The predicted octanol–water partition coefficient (Wildman–Crippen LogP) is -4.41. The second-order valence-electron chi connectivity index (χ2n) is 19.3. The molecule has 6 saturated heterocycles. The highest BCUT2D eigenvalue weighted by Crippen LogP contribution is 2.40. The minimum Gasteiger partial charge on any atom is -0.396 e. The number of hydrogen-bond acceptors (Lipinski definition) is 19. The molecule has 6 aliphatic heterocycles. The van der Waals surface area contributed by atoms with E-state index in [4.69, 9.17) is 30.6 Å². The summed E-state index contributed by atoms with van der Waals surface area (Å²) >= 11 is 0. The van der Waals surface area contributed by atoms with Crippen molar-refractivity contribution in [2.75, 3.05) is 91.8 Å². The molecule has 18 atom stereocenters. The fraction of sp³-hybridized carbons (Fsp3) is 1.00. The van der Waals surface area contributed by atoms with Crippen LogP contribution in [-0.4, -0.2) is 249 Å². The average molecular weight is 1030 g/mol. The molecule has 7 rings (SSSR count). The van der Waals surface area contributed by atoms with Crippen molar-refractivity contribution in [2.24, 2.45) is 41.4 Å². The quantitative estimate of drug-likeness (QED) is 0.107. The zero-order chi connectivity index (χ0) is 52.4. The van der Waals surface area contributed by atoms with Crippen LogP contribution in [0, 0.1) is 41.4 Å².